The summed E-state index contributed by atoms with van der Waals surface area (Å²) in [5.41, 5.74) is 1.79. The first-order valence-electron chi connectivity index (χ1n) is 7.00. The van der Waals surface area contributed by atoms with Crippen LogP contribution in [0.2, 0.25) is 0 Å². The number of nitriles is 1. The number of hydrogen-bond donors (Lipinski definition) is 1. The fourth-order valence-electron chi connectivity index (χ4n) is 2.76. The number of aryl methyl sites for hydroxylation is 2. The molecular formula is C15H14N4O2S. The van der Waals surface area contributed by atoms with E-state index in [2.05, 4.69) is 10.3 Å². The van der Waals surface area contributed by atoms with E-state index >= 15 is 0 Å². The molecule has 0 saturated carbocycles. The maximum Gasteiger partial charge on any atom is 0.287 e. The van der Waals surface area contributed by atoms with Crippen molar-refractivity contribution in [1.29, 1.82) is 5.26 Å². The van der Waals surface area contributed by atoms with E-state index in [1.165, 1.54) is 10.9 Å². The molecule has 3 rings (SSSR count). The van der Waals surface area contributed by atoms with Gasteiger partial charge in [-0.3, -0.25) is 10.1 Å². The molecule has 1 atom stereocenters. The summed E-state index contributed by atoms with van der Waals surface area (Å²) in [6, 6.07) is 6.62. The molecule has 7 heteroatoms. The third kappa shape index (κ3) is 2.65. The molecule has 0 unspecified atom stereocenters. The van der Waals surface area contributed by atoms with Crippen LogP contribution in [0.25, 0.3) is 0 Å². The Morgan fingerprint density at radius 2 is 2.36 bits per heavy atom. The van der Waals surface area contributed by atoms with Crippen LogP contribution in [0.1, 0.15) is 40.0 Å². The van der Waals surface area contributed by atoms with E-state index in [4.69, 9.17) is 5.26 Å². The maximum atomic E-state index is 10.9. The lowest BCUT2D eigenvalue weighted by Crippen LogP contribution is -2.15. The summed E-state index contributed by atoms with van der Waals surface area (Å²) in [6.07, 6.45) is 3.06. The molecule has 0 radical (unpaired) electrons. The molecule has 0 fully saturated rings. The Kier molecular flexibility index (Phi) is 3.77. The van der Waals surface area contributed by atoms with Crippen LogP contribution in [0.5, 0.6) is 0 Å². The number of nitro benzene ring substituents is 1. The molecule has 1 aromatic carbocycles. The van der Waals surface area contributed by atoms with Crippen molar-refractivity contribution in [2.24, 2.45) is 0 Å². The molecular weight excluding hydrogens is 300 g/mol. The highest BCUT2D eigenvalue weighted by Gasteiger charge is 2.24. The Labute approximate surface area is 131 Å². The molecule has 22 heavy (non-hydrogen) atoms. The third-order valence-electron chi connectivity index (χ3n) is 3.71. The monoisotopic (exact) mass is 314 g/mol. The summed E-state index contributed by atoms with van der Waals surface area (Å²) in [5.74, 6) is 0. The van der Waals surface area contributed by atoms with Crippen LogP contribution >= 0.6 is 11.3 Å². The highest BCUT2D eigenvalue weighted by molar-refractivity contribution is 7.11. The normalized spacial score (nSPS) is 16.6. The molecule has 0 bridgehead atoms. The van der Waals surface area contributed by atoms with Crippen LogP contribution in [0.15, 0.2) is 18.2 Å². The topological polar surface area (TPSA) is 91.8 Å². The van der Waals surface area contributed by atoms with Crippen LogP contribution in [-0.4, -0.2) is 9.91 Å². The molecule has 1 aromatic heterocycles. The average molecular weight is 314 g/mol. The molecule has 0 aliphatic heterocycles. The van der Waals surface area contributed by atoms with Gasteiger partial charge >= 0.3 is 0 Å². The lowest BCUT2D eigenvalue weighted by Gasteiger charge is -2.23. The van der Waals surface area contributed by atoms with Crippen LogP contribution in [0, 0.1) is 28.4 Å². The van der Waals surface area contributed by atoms with Gasteiger partial charge in [0, 0.05) is 11.8 Å². The van der Waals surface area contributed by atoms with Crippen LogP contribution < -0.4 is 5.32 Å². The zero-order chi connectivity index (χ0) is 15.7. The van der Waals surface area contributed by atoms with E-state index in [9.17, 15) is 10.1 Å². The summed E-state index contributed by atoms with van der Waals surface area (Å²) < 4.78 is 0. The molecule has 1 N–H and O–H groups in total. The van der Waals surface area contributed by atoms with Gasteiger partial charge in [0.2, 0.25) is 0 Å². The second kappa shape index (κ2) is 5.73. The first-order chi connectivity index (χ1) is 10.6. The number of fused-ring (bicyclic) bond motifs is 1. The smallest absolute Gasteiger partial charge is 0.287 e. The molecule has 1 aliphatic carbocycles. The summed E-state index contributed by atoms with van der Waals surface area (Å²) in [5, 5.41) is 24.4. The van der Waals surface area contributed by atoms with Gasteiger partial charge in [0.25, 0.3) is 5.69 Å². The SMILES string of the molecule is Cc1nc2c(s1)[C@H](Nc1ccc([N+](=O)[O-])c(C#N)c1)CCC2. The molecule has 112 valence electrons. The number of thiazole rings is 1. The number of hydrogen-bond acceptors (Lipinski definition) is 6. The predicted octanol–water partition coefficient (Wildman–Crippen LogP) is 3.72. The summed E-state index contributed by atoms with van der Waals surface area (Å²) in [7, 11) is 0. The lowest BCUT2D eigenvalue weighted by atomic mass is 9.97. The number of nitro groups is 1. The van der Waals surface area contributed by atoms with Crippen molar-refractivity contribution < 1.29 is 4.92 Å². The second-order valence-electron chi connectivity index (χ2n) is 5.23. The molecule has 6 nitrogen and oxygen atoms in total. The van der Waals surface area contributed by atoms with Gasteiger partial charge in [0.15, 0.2) is 0 Å². The standard InChI is InChI=1S/C15H14N4O2S/c1-9-17-12-3-2-4-13(15(12)22-9)18-11-5-6-14(19(20)21)10(7-11)8-16/h5-7,13,18H,2-4H2,1H3/t13-/m1/s1. The third-order valence-corrected chi connectivity index (χ3v) is 4.84. The summed E-state index contributed by atoms with van der Waals surface area (Å²) in [6.45, 7) is 2.00. The van der Waals surface area contributed by atoms with Crippen molar-refractivity contribution in [3.05, 3.63) is 49.5 Å². The van der Waals surface area contributed by atoms with Crippen LogP contribution in [0.4, 0.5) is 11.4 Å². The maximum absolute atomic E-state index is 10.9. The number of nitrogens with one attached hydrogen (secondary N) is 1. The van der Waals surface area contributed by atoms with E-state index < -0.39 is 4.92 Å². The minimum atomic E-state index is -0.534. The van der Waals surface area contributed by atoms with E-state index in [0.29, 0.717) is 0 Å². The van der Waals surface area contributed by atoms with Crippen molar-refractivity contribution in [2.75, 3.05) is 5.32 Å². The first-order valence-corrected chi connectivity index (χ1v) is 7.81. The minimum absolute atomic E-state index is 0.0755. The van der Waals surface area contributed by atoms with Gasteiger partial charge in [-0.05, 0) is 38.3 Å². The van der Waals surface area contributed by atoms with Gasteiger partial charge in [-0.1, -0.05) is 0 Å². The van der Waals surface area contributed by atoms with Crippen LogP contribution in [-0.2, 0) is 6.42 Å². The van der Waals surface area contributed by atoms with Gasteiger partial charge in [0.05, 0.1) is 26.5 Å². The van der Waals surface area contributed by atoms with E-state index in [0.717, 1.165) is 35.7 Å². The minimum Gasteiger partial charge on any atom is -0.377 e. The number of rotatable bonds is 3. The van der Waals surface area contributed by atoms with Gasteiger partial charge in [-0.25, -0.2) is 4.98 Å². The molecule has 0 spiro atoms. The summed E-state index contributed by atoms with van der Waals surface area (Å²) in [4.78, 5) is 16.1. The van der Waals surface area contributed by atoms with E-state index in [1.807, 2.05) is 13.0 Å². The Morgan fingerprint density at radius 3 is 3.09 bits per heavy atom. The molecule has 2 aromatic rings. The fourth-order valence-corrected chi connectivity index (χ4v) is 3.81. The molecule has 0 amide bonds. The number of aromatic nitrogens is 1. The Hall–Kier alpha value is -2.46. The highest BCUT2D eigenvalue weighted by atomic mass is 32.1. The number of nitrogens with zero attached hydrogens (tertiary/aromatic N) is 3. The Bertz CT molecular complexity index is 778. The second-order valence-corrected chi connectivity index (χ2v) is 6.47. The van der Waals surface area contributed by atoms with Crippen molar-refractivity contribution >= 4 is 22.7 Å². The van der Waals surface area contributed by atoms with Gasteiger partial charge in [-0.2, -0.15) is 5.26 Å². The molecule has 0 saturated heterocycles. The van der Waals surface area contributed by atoms with Gasteiger partial charge in [0.1, 0.15) is 11.6 Å². The quantitative estimate of drug-likeness (QED) is 0.688. The van der Waals surface area contributed by atoms with Crippen molar-refractivity contribution in [2.45, 2.75) is 32.2 Å². The zero-order valence-electron chi connectivity index (χ0n) is 12.0. The van der Waals surface area contributed by atoms with E-state index in [1.54, 1.807) is 23.5 Å². The Balaban J connectivity index is 1.88. The molecule has 1 aliphatic rings. The van der Waals surface area contributed by atoms with Crippen LogP contribution in [0.3, 0.4) is 0 Å². The van der Waals surface area contributed by atoms with Gasteiger partial charge < -0.3 is 5.32 Å². The first kappa shape index (κ1) is 14.5. The highest BCUT2D eigenvalue weighted by Crippen LogP contribution is 2.36. The fraction of sp³-hybridized carbons (Fsp3) is 0.333. The van der Waals surface area contributed by atoms with Crippen molar-refractivity contribution in [3.63, 3.8) is 0 Å². The largest absolute Gasteiger partial charge is 0.377 e. The van der Waals surface area contributed by atoms with Gasteiger partial charge in [-0.15, -0.1) is 11.3 Å². The van der Waals surface area contributed by atoms with Crippen molar-refractivity contribution in [1.82, 2.24) is 4.98 Å². The average Bonchev–Trinajstić information content (AvgIpc) is 2.88. The predicted molar refractivity (Wildman–Crippen MR) is 84.0 cm³/mol. The number of benzene rings is 1. The van der Waals surface area contributed by atoms with E-state index in [-0.39, 0.29) is 17.3 Å². The molecule has 1 heterocycles. The Morgan fingerprint density at radius 1 is 1.55 bits per heavy atom. The number of anilines is 1. The van der Waals surface area contributed by atoms with Crippen molar-refractivity contribution in [3.8, 4) is 6.07 Å². The summed E-state index contributed by atoms with van der Waals surface area (Å²) >= 11 is 1.69. The zero-order valence-corrected chi connectivity index (χ0v) is 12.8. The lowest BCUT2D eigenvalue weighted by molar-refractivity contribution is -0.385.